The first-order valence-corrected chi connectivity index (χ1v) is 10.9. The molecule has 0 atom stereocenters. The number of nitrogens with zero attached hydrogens (tertiary/aromatic N) is 1. The van der Waals surface area contributed by atoms with Gasteiger partial charge in [-0.2, -0.15) is 5.10 Å². The molecule has 0 radical (unpaired) electrons. The van der Waals surface area contributed by atoms with Crippen LogP contribution in [0, 0.1) is 0 Å². The number of hydrazone groups is 1. The molecule has 154 valence electrons. The maximum atomic E-state index is 12.3. The zero-order valence-corrected chi connectivity index (χ0v) is 19.4. The lowest BCUT2D eigenvalue weighted by atomic mass is 10.2. The molecule has 0 saturated carbocycles. The zero-order valence-electron chi connectivity index (χ0n) is 16.3. The second-order valence-corrected chi connectivity index (χ2v) is 8.01. The van der Waals surface area contributed by atoms with E-state index in [9.17, 15) is 4.79 Å². The summed E-state index contributed by atoms with van der Waals surface area (Å²) in [5, 5.41) is 4.10. The van der Waals surface area contributed by atoms with Crippen molar-refractivity contribution in [3.05, 3.63) is 92.4 Å². The van der Waals surface area contributed by atoms with Crippen molar-refractivity contribution < 1.29 is 14.3 Å². The van der Waals surface area contributed by atoms with E-state index in [4.69, 9.17) is 9.47 Å². The van der Waals surface area contributed by atoms with Crippen LogP contribution in [-0.4, -0.2) is 18.7 Å². The van der Waals surface area contributed by atoms with Crippen molar-refractivity contribution in [3.8, 4) is 11.5 Å². The summed E-state index contributed by atoms with van der Waals surface area (Å²) in [6.45, 7) is 2.90. The molecule has 0 aliphatic carbocycles. The molecule has 0 saturated heterocycles. The third-order valence-electron chi connectivity index (χ3n) is 4.06. The highest BCUT2D eigenvalue weighted by Crippen LogP contribution is 2.32. The maximum Gasteiger partial charge on any atom is 0.271 e. The van der Waals surface area contributed by atoms with Gasteiger partial charge in [-0.3, -0.25) is 4.79 Å². The van der Waals surface area contributed by atoms with Crippen molar-refractivity contribution in [2.45, 2.75) is 13.5 Å². The highest BCUT2D eigenvalue weighted by molar-refractivity contribution is 9.11. The molecule has 0 aliphatic rings. The SMILES string of the molecule is CCOc1ccc(C(=O)N/N=C\c2cc(Br)cc(Br)c2OCc2ccccc2)cc1. The molecule has 0 fully saturated rings. The van der Waals surface area contributed by atoms with Crippen LogP contribution in [0.4, 0.5) is 0 Å². The van der Waals surface area contributed by atoms with Gasteiger partial charge in [-0.05, 0) is 64.8 Å². The van der Waals surface area contributed by atoms with Gasteiger partial charge < -0.3 is 9.47 Å². The largest absolute Gasteiger partial charge is 0.494 e. The molecule has 1 N–H and O–H groups in total. The smallest absolute Gasteiger partial charge is 0.271 e. The lowest BCUT2D eigenvalue weighted by molar-refractivity contribution is 0.0955. The maximum absolute atomic E-state index is 12.3. The average Bonchev–Trinajstić information content (AvgIpc) is 2.74. The fourth-order valence-corrected chi connectivity index (χ4v) is 4.03. The highest BCUT2D eigenvalue weighted by atomic mass is 79.9. The molecule has 30 heavy (non-hydrogen) atoms. The van der Waals surface area contributed by atoms with Crippen molar-refractivity contribution in [3.63, 3.8) is 0 Å². The Morgan fingerprint density at radius 2 is 1.77 bits per heavy atom. The molecule has 0 spiro atoms. The van der Waals surface area contributed by atoms with Gasteiger partial charge in [0.1, 0.15) is 18.1 Å². The van der Waals surface area contributed by atoms with Crippen LogP contribution >= 0.6 is 31.9 Å². The van der Waals surface area contributed by atoms with Crippen molar-refractivity contribution in [1.29, 1.82) is 0 Å². The Kier molecular flexibility index (Phi) is 8.04. The number of carbonyl (C=O) groups excluding carboxylic acids is 1. The minimum Gasteiger partial charge on any atom is -0.494 e. The molecule has 1 amide bonds. The molecule has 3 aromatic carbocycles. The topological polar surface area (TPSA) is 59.9 Å². The normalized spacial score (nSPS) is 10.8. The lowest BCUT2D eigenvalue weighted by Gasteiger charge is -2.12. The number of hydrogen-bond acceptors (Lipinski definition) is 4. The summed E-state index contributed by atoms with van der Waals surface area (Å²) in [4.78, 5) is 12.3. The van der Waals surface area contributed by atoms with Gasteiger partial charge in [-0.25, -0.2) is 5.43 Å². The van der Waals surface area contributed by atoms with E-state index in [1.54, 1.807) is 30.5 Å². The van der Waals surface area contributed by atoms with Crippen molar-refractivity contribution in [1.82, 2.24) is 5.43 Å². The quantitative estimate of drug-likeness (QED) is 0.288. The Balaban J connectivity index is 1.70. The Morgan fingerprint density at radius 1 is 1.03 bits per heavy atom. The first-order valence-electron chi connectivity index (χ1n) is 9.29. The van der Waals surface area contributed by atoms with Gasteiger partial charge >= 0.3 is 0 Å². The highest BCUT2D eigenvalue weighted by Gasteiger charge is 2.10. The fourth-order valence-electron chi connectivity index (χ4n) is 2.65. The molecule has 0 heterocycles. The summed E-state index contributed by atoms with van der Waals surface area (Å²) in [6.07, 6.45) is 1.56. The standard InChI is InChI=1S/C23H20Br2N2O3/c1-2-29-20-10-8-17(9-11-20)23(28)27-26-14-18-12-19(24)13-21(25)22(18)30-15-16-6-4-3-5-7-16/h3-14H,2,15H2,1H3,(H,27,28)/b26-14-. The van der Waals surface area contributed by atoms with Crippen LogP contribution in [0.5, 0.6) is 11.5 Å². The zero-order chi connectivity index (χ0) is 21.3. The summed E-state index contributed by atoms with van der Waals surface area (Å²) < 4.78 is 13.0. The number of hydrogen-bond donors (Lipinski definition) is 1. The van der Waals surface area contributed by atoms with E-state index in [0.717, 1.165) is 25.8 Å². The van der Waals surface area contributed by atoms with Crippen LogP contribution in [0.25, 0.3) is 0 Å². The summed E-state index contributed by atoms with van der Waals surface area (Å²) in [5.41, 5.74) is 4.81. The van der Waals surface area contributed by atoms with E-state index in [1.165, 1.54) is 0 Å². The molecule has 3 aromatic rings. The Bertz CT molecular complexity index is 1020. The summed E-state index contributed by atoms with van der Waals surface area (Å²) in [6, 6.07) is 20.6. The van der Waals surface area contributed by atoms with Crippen LogP contribution < -0.4 is 14.9 Å². The summed E-state index contributed by atoms with van der Waals surface area (Å²) in [7, 11) is 0. The summed E-state index contributed by atoms with van der Waals surface area (Å²) >= 11 is 7.01. The van der Waals surface area contributed by atoms with Gasteiger partial charge in [-0.1, -0.05) is 46.3 Å². The molecule has 7 heteroatoms. The minimum absolute atomic E-state index is 0.310. The average molecular weight is 532 g/mol. The van der Waals surface area contributed by atoms with Gasteiger partial charge in [0.05, 0.1) is 17.3 Å². The number of ether oxygens (including phenoxy) is 2. The molecule has 5 nitrogen and oxygen atoms in total. The third-order valence-corrected chi connectivity index (χ3v) is 5.11. The molecular formula is C23H20Br2N2O3. The Hall–Kier alpha value is -2.64. The van der Waals surface area contributed by atoms with E-state index < -0.39 is 0 Å². The van der Waals surface area contributed by atoms with Crippen LogP contribution in [-0.2, 0) is 6.61 Å². The number of nitrogens with one attached hydrogen (secondary N) is 1. The van der Waals surface area contributed by atoms with E-state index >= 15 is 0 Å². The van der Waals surface area contributed by atoms with E-state index in [-0.39, 0.29) is 5.91 Å². The number of benzene rings is 3. The van der Waals surface area contributed by atoms with Gasteiger partial charge in [0.15, 0.2) is 0 Å². The van der Waals surface area contributed by atoms with Gasteiger partial charge in [-0.15, -0.1) is 0 Å². The summed E-state index contributed by atoms with van der Waals surface area (Å²) in [5.74, 6) is 1.05. The lowest BCUT2D eigenvalue weighted by Crippen LogP contribution is -2.17. The van der Waals surface area contributed by atoms with E-state index in [1.807, 2.05) is 49.4 Å². The number of halogens is 2. The number of rotatable bonds is 8. The molecule has 0 aromatic heterocycles. The van der Waals surface area contributed by atoms with E-state index in [2.05, 4.69) is 42.4 Å². The fraction of sp³-hybridized carbons (Fsp3) is 0.130. The van der Waals surface area contributed by atoms with Crippen molar-refractivity contribution >= 4 is 44.0 Å². The molecule has 3 rings (SSSR count). The monoisotopic (exact) mass is 530 g/mol. The number of carbonyl (C=O) groups is 1. The molecular weight excluding hydrogens is 512 g/mol. The van der Waals surface area contributed by atoms with Gasteiger partial charge in [0.25, 0.3) is 5.91 Å². The Morgan fingerprint density at radius 3 is 2.47 bits per heavy atom. The van der Waals surface area contributed by atoms with E-state index in [0.29, 0.717) is 24.5 Å². The predicted octanol–water partition coefficient (Wildman–Crippen LogP) is 5.95. The predicted molar refractivity (Wildman–Crippen MR) is 125 cm³/mol. The van der Waals surface area contributed by atoms with Gasteiger partial charge in [0.2, 0.25) is 0 Å². The Labute approximate surface area is 192 Å². The van der Waals surface area contributed by atoms with Crippen LogP contribution in [0.1, 0.15) is 28.4 Å². The van der Waals surface area contributed by atoms with Crippen molar-refractivity contribution in [2.75, 3.05) is 6.61 Å². The van der Waals surface area contributed by atoms with Crippen molar-refractivity contribution in [2.24, 2.45) is 5.10 Å². The molecule has 0 unspecified atom stereocenters. The second kappa shape index (κ2) is 10.9. The third kappa shape index (κ3) is 6.18. The second-order valence-electron chi connectivity index (χ2n) is 6.24. The molecule has 0 bridgehead atoms. The molecule has 0 aliphatic heterocycles. The minimum atomic E-state index is -0.310. The van der Waals surface area contributed by atoms with Crippen LogP contribution in [0.3, 0.4) is 0 Å². The first-order chi connectivity index (χ1) is 14.6. The van der Waals surface area contributed by atoms with Gasteiger partial charge in [0, 0.05) is 15.6 Å². The number of amides is 1. The van der Waals surface area contributed by atoms with Crippen LogP contribution in [0.2, 0.25) is 0 Å². The van der Waals surface area contributed by atoms with Crippen LogP contribution in [0.15, 0.2) is 80.8 Å². The first kappa shape index (κ1) is 22.1.